The molecule has 1 aromatic heterocycles. The first-order chi connectivity index (χ1) is 10.7. The first-order valence-corrected chi connectivity index (χ1v) is 7.19. The Morgan fingerprint density at radius 3 is 2.64 bits per heavy atom. The summed E-state index contributed by atoms with van der Waals surface area (Å²) in [4.78, 5) is 12.3. The van der Waals surface area contributed by atoms with Crippen LogP contribution in [0, 0.1) is 11.3 Å². The Balaban J connectivity index is 2.33. The molecule has 0 saturated carbocycles. The first kappa shape index (κ1) is 15.8. The number of hydrogen-bond donors (Lipinski definition) is 1. The van der Waals surface area contributed by atoms with Crippen LogP contribution in [-0.2, 0) is 11.2 Å². The lowest BCUT2D eigenvalue weighted by atomic mass is 10.1. The zero-order valence-corrected chi connectivity index (χ0v) is 12.8. The van der Waals surface area contributed by atoms with Crippen molar-refractivity contribution in [3.05, 3.63) is 53.3 Å². The fraction of sp³-hybridized carbons (Fsp3) is 0.294. The molecule has 0 aliphatic carbocycles. The molecule has 1 amide bonds. The van der Waals surface area contributed by atoms with Crippen molar-refractivity contribution in [2.45, 2.75) is 13.3 Å². The lowest BCUT2D eigenvalue weighted by Crippen LogP contribution is -2.29. The van der Waals surface area contributed by atoms with E-state index >= 15 is 0 Å². The summed E-state index contributed by atoms with van der Waals surface area (Å²) in [6, 6.07) is 11.7. The minimum Gasteiger partial charge on any atom is -0.383 e. The Kier molecular flexibility index (Phi) is 5.34. The summed E-state index contributed by atoms with van der Waals surface area (Å²) in [6.45, 7) is 2.92. The van der Waals surface area contributed by atoms with E-state index in [0.29, 0.717) is 24.4 Å². The Morgan fingerprint density at radius 2 is 2.05 bits per heavy atom. The minimum absolute atomic E-state index is 0.279. The predicted molar refractivity (Wildman–Crippen MR) is 84.1 cm³/mol. The standard InChI is InChI=1S/C17H19N3O2/c1-3-13-4-6-15(7-5-13)20-10-8-14(12-18)16(20)17(21)19-9-11-22-2/h4-8,10H,3,9,11H2,1-2H3,(H,19,21). The monoisotopic (exact) mass is 297 g/mol. The number of methoxy groups -OCH3 is 1. The van der Waals surface area contributed by atoms with Crippen LogP contribution in [-0.4, -0.2) is 30.7 Å². The number of rotatable bonds is 6. The second kappa shape index (κ2) is 7.43. The maximum atomic E-state index is 12.3. The Morgan fingerprint density at radius 1 is 1.32 bits per heavy atom. The topological polar surface area (TPSA) is 67.0 Å². The molecule has 114 valence electrons. The van der Waals surface area contributed by atoms with E-state index in [1.165, 1.54) is 5.56 Å². The number of nitrogens with zero attached hydrogens (tertiary/aromatic N) is 2. The smallest absolute Gasteiger partial charge is 0.269 e. The van der Waals surface area contributed by atoms with Gasteiger partial charge in [0, 0.05) is 25.5 Å². The summed E-state index contributed by atoms with van der Waals surface area (Å²) in [5, 5.41) is 12.0. The summed E-state index contributed by atoms with van der Waals surface area (Å²) in [6.07, 6.45) is 2.70. The quantitative estimate of drug-likeness (QED) is 0.832. The van der Waals surface area contributed by atoms with Crippen molar-refractivity contribution < 1.29 is 9.53 Å². The molecule has 1 heterocycles. The molecule has 22 heavy (non-hydrogen) atoms. The summed E-state index contributed by atoms with van der Waals surface area (Å²) >= 11 is 0. The number of aromatic nitrogens is 1. The number of carbonyl (C=O) groups is 1. The Labute approximate surface area is 130 Å². The summed E-state index contributed by atoms with van der Waals surface area (Å²) in [7, 11) is 1.57. The molecule has 5 heteroatoms. The van der Waals surface area contributed by atoms with Gasteiger partial charge in [0.15, 0.2) is 0 Å². The molecule has 0 spiro atoms. The number of nitriles is 1. The van der Waals surface area contributed by atoms with Crippen molar-refractivity contribution in [2.24, 2.45) is 0 Å². The molecule has 5 nitrogen and oxygen atoms in total. The third kappa shape index (κ3) is 3.35. The second-order valence-electron chi connectivity index (χ2n) is 4.83. The van der Waals surface area contributed by atoms with Gasteiger partial charge in [0.05, 0.1) is 12.2 Å². The molecule has 1 aromatic carbocycles. The highest BCUT2D eigenvalue weighted by molar-refractivity contribution is 5.95. The van der Waals surface area contributed by atoms with Crippen LogP contribution in [0.3, 0.4) is 0 Å². The van der Waals surface area contributed by atoms with Crippen LogP contribution in [0.2, 0.25) is 0 Å². The van der Waals surface area contributed by atoms with E-state index in [0.717, 1.165) is 12.1 Å². The maximum absolute atomic E-state index is 12.3. The first-order valence-electron chi connectivity index (χ1n) is 7.19. The average Bonchev–Trinajstić information content (AvgIpc) is 2.99. The number of carbonyl (C=O) groups excluding carboxylic acids is 1. The van der Waals surface area contributed by atoms with E-state index in [4.69, 9.17) is 4.74 Å². The summed E-state index contributed by atoms with van der Waals surface area (Å²) < 4.78 is 6.66. The molecule has 0 aliphatic rings. The van der Waals surface area contributed by atoms with Crippen molar-refractivity contribution in [3.63, 3.8) is 0 Å². The molecule has 0 fully saturated rings. The van der Waals surface area contributed by atoms with Crippen LogP contribution in [0.1, 0.15) is 28.5 Å². The van der Waals surface area contributed by atoms with Gasteiger partial charge in [-0.3, -0.25) is 4.79 Å². The largest absolute Gasteiger partial charge is 0.383 e. The van der Waals surface area contributed by atoms with Crippen LogP contribution in [0.25, 0.3) is 5.69 Å². The zero-order chi connectivity index (χ0) is 15.9. The fourth-order valence-corrected chi connectivity index (χ4v) is 2.21. The van der Waals surface area contributed by atoms with Gasteiger partial charge >= 0.3 is 0 Å². The third-order valence-electron chi connectivity index (χ3n) is 3.44. The number of benzene rings is 1. The number of amides is 1. The minimum atomic E-state index is -0.279. The van der Waals surface area contributed by atoms with E-state index in [9.17, 15) is 10.1 Å². The van der Waals surface area contributed by atoms with Crippen LogP contribution >= 0.6 is 0 Å². The Bertz CT molecular complexity index is 681. The maximum Gasteiger partial charge on any atom is 0.269 e. The Hall–Kier alpha value is -2.58. The van der Waals surface area contributed by atoms with E-state index < -0.39 is 0 Å². The fourth-order valence-electron chi connectivity index (χ4n) is 2.21. The van der Waals surface area contributed by atoms with Gasteiger partial charge in [0.25, 0.3) is 5.91 Å². The highest BCUT2D eigenvalue weighted by atomic mass is 16.5. The second-order valence-corrected chi connectivity index (χ2v) is 4.83. The molecule has 0 aliphatic heterocycles. The number of nitrogens with one attached hydrogen (secondary N) is 1. The van der Waals surface area contributed by atoms with Crippen molar-refractivity contribution in [2.75, 3.05) is 20.3 Å². The van der Waals surface area contributed by atoms with Gasteiger partial charge in [-0.2, -0.15) is 5.26 Å². The summed E-state index contributed by atoms with van der Waals surface area (Å²) in [5.41, 5.74) is 2.79. The molecular weight excluding hydrogens is 278 g/mol. The van der Waals surface area contributed by atoms with Gasteiger partial charge in [-0.05, 0) is 30.2 Å². The van der Waals surface area contributed by atoms with Gasteiger partial charge < -0.3 is 14.6 Å². The highest BCUT2D eigenvalue weighted by Gasteiger charge is 2.17. The van der Waals surface area contributed by atoms with Crippen molar-refractivity contribution in [1.29, 1.82) is 5.26 Å². The van der Waals surface area contributed by atoms with Gasteiger partial charge in [-0.1, -0.05) is 19.1 Å². The van der Waals surface area contributed by atoms with Crippen LogP contribution in [0.15, 0.2) is 36.5 Å². The van der Waals surface area contributed by atoms with Crippen LogP contribution < -0.4 is 5.32 Å². The molecule has 1 N–H and O–H groups in total. The molecular formula is C17H19N3O2. The van der Waals surface area contributed by atoms with Crippen LogP contribution in [0.5, 0.6) is 0 Å². The normalized spacial score (nSPS) is 10.2. The molecule has 0 radical (unpaired) electrons. The van der Waals surface area contributed by atoms with Gasteiger partial charge in [0.1, 0.15) is 11.8 Å². The number of hydrogen-bond acceptors (Lipinski definition) is 3. The third-order valence-corrected chi connectivity index (χ3v) is 3.44. The van der Waals surface area contributed by atoms with E-state index in [-0.39, 0.29) is 5.91 Å². The number of aryl methyl sites for hydroxylation is 1. The number of ether oxygens (including phenoxy) is 1. The molecule has 0 bridgehead atoms. The predicted octanol–water partition coefficient (Wildman–Crippen LogP) is 2.29. The molecule has 2 aromatic rings. The highest BCUT2D eigenvalue weighted by Crippen LogP contribution is 2.18. The van der Waals surface area contributed by atoms with Gasteiger partial charge in [-0.25, -0.2) is 0 Å². The molecule has 0 saturated heterocycles. The van der Waals surface area contributed by atoms with Gasteiger partial charge in [-0.15, -0.1) is 0 Å². The lowest BCUT2D eigenvalue weighted by molar-refractivity contribution is 0.0930. The van der Waals surface area contributed by atoms with Crippen molar-refractivity contribution in [1.82, 2.24) is 9.88 Å². The molecule has 0 atom stereocenters. The molecule has 2 rings (SSSR count). The average molecular weight is 297 g/mol. The van der Waals surface area contributed by atoms with E-state index in [2.05, 4.69) is 18.3 Å². The molecule has 0 unspecified atom stereocenters. The van der Waals surface area contributed by atoms with Crippen molar-refractivity contribution >= 4 is 5.91 Å². The van der Waals surface area contributed by atoms with Gasteiger partial charge in [0.2, 0.25) is 0 Å². The van der Waals surface area contributed by atoms with Crippen LogP contribution in [0.4, 0.5) is 0 Å². The lowest BCUT2D eigenvalue weighted by Gasteiger charge is -2.11. The SMILES string of the molecule is CCc1ccc(-n2ccc(C#N)c2C(=O)NCCOC)cc1. The van der Waals surface area contributed by atoms with E-state index in [1.807, 2.05) is 24.3 Å². The summed E-state index contributed by atoms with van der Waals surface area (Å²) in [5.74, 6) is -0.279. The zero-order valence-electron chi connectivity index (χ0n) is 12.8. The van der Waals surface area contributed by atoms with Crippen molar-refractivity contribution in [3.8, 4) is 11.8 Å². The van der Waals surface area contributed by atoms with E-state index in [1.54, 1.807) is 23.9 Å².